The molecule has 8 nitrogen and oxygen atoms in total. The molecule has 0 amide bonds. The van der Waals surface area contributed by atoms with Crippen LogP contribution in [0.4, 0.5) is 0 Å². The predicted molar refractivity (Wildman–Crippen MR) is 70.6 cm³/mol. The third kappa shape index (κ3) is 2.97. The van der Waals surface area contributed by atoms with Crippen LogP contribution in [0.25, 0.3) is 0 Å². The van der Waals surface area contributed by atoms with E-state index in [0.717, 1.165) is 5.56 Å². The fraction of sp³-hybridized carbons (Fsp3) is 0.417. The zero-order chi connectivity index (χ0) is 14.5. The van der Waals surface area contributed by atoms with Gasteiger partial charge in [0.25, 0.3) is 0 Å². The molecule has 2 aromatic rings. The zero-order valence-electron chi connectivity index (χ0n) is 11.5. The van der Waals surface area contributed by atoms with Crippen LogP contribution in [0.15, 0.2) is 12.1 Å². The van der Waals surface area contributed by atoms with Crippen LogP contribution in [-0.4, -0.2) is 40.0 Å². The van der Waals surface area contributed by atoms with E-state index < -0.39 is 0 Å². The highest BCUT2D eigenvalue weighted by atomic mass is 16.5. The number of aromatic nitrogens is 4. The fourth-order valence-corrected chi connectivity index (χ4v) is 1.77. The molecular formula is C12H17N5O3. The highest BCUT2D eigenvalue weighted by Gasteiger charge is 2.13. The Morgan fingerprint density at radius 2 is 1.95 bits per heavy atom. The van der Waals surface area contributed by atoms with Crippen molar-refractivity contribution in [3.63, 3.8) is 0 Å². The van der Waals surface area contributed by atoms with E-state index in [4.69, 9.17) is 9.47 Å². The van der Waals surface area contributed by atoms with E-state index in [0.29, 0.717) is 23.9 Å². The molecule has 0 spiro atoms. The molecule has 0 bridgehead atoms. The second-order valence-electron chi connectivity index (χ2n) is 4.22. The van der Waals surface area contributed by atoms with E-state index in [-0.39, 0.29) is 11.8 Å². The lowest BCUT2D eigenvalue weighted by atomic mass is 10.1. The van der Waals surface area contributed by atoms with Gasteiger partial charge in [-0.2, -0.15) is 5.21 Å². The second kappa shape index (κ2) is 6.20. The van der Waals surface area contributed by atoms with E-state index in [1.807, 2.05) is 6.92 Å². The number of aromatic hydroxyl groups is 1. The quantitative estimate of drug-likeness (QED) is 0.717. The molecule has 1 aromatic carbocycles. The summed E-state index contributed by atoms with van der Waals surface area (Å²) in [4.78, 5) is 0. The molecule has 0 saturated carbocycles. The summed E-state index contributed by atoms with van der Waals surface area (Å²) < 4.78 is 10.2. The molecule has 0 saturated heterocycles. The molecule has 1 aromatic heterocycles. The summed E-state index contributed by atoms with van der Waals surface area (Å²) in [5.41, 5.74) is 0.909. The summed E-state index contributed by atoms with van der Waals surface area (Å²) in [5.74, 6) is 1.31. The molecule has 8 heteroatoms. The Labute approximate surface area is 116 Å². The minimum absolute atomic E-state index is 0.00929. The summed E-state index contributed by atoms with van der Waals surface area (Å²) >= 11 is 0. The average molecular weight is 279 g/mol. The van der Waals surface area contributed by atoms with Crippen molar-refractivity contribution in [1.82, 2.24) is 25.9 Å². The maximum atomic E-state index is 9.84. The van der Waals surface area contributed by atoms with Crippen molar-refractivity contribution in [2.45, 2.75) is 19.5 Å². The number of hydrogen-bond acceptors (Lipinski definition) is 7. The average Bonchev–Trinajstić information content (AvgIpc) is 3.00. The summed E-state index contributed by atoms with van der Waals surface area (Å²) in [7, 11) is 2.99. The lowest BCUT2D eigenvalue weighted by Crippen LogP contribution is -2.19. The topological polar surface area (TPSA) is 105 Å². The monoisotopic (exact) mass is 279 g/mol. The molecule has 20 heavy (non-hydrogen) atoms. The van der Waals surface area contributed by atoms with E-state index in [1.54, 1.807) is 12.1 Å². The number of methoxy groups -OCH3 is 2. The predicted octanol–water partition coefficient (Wildman–Crippen LogP) is 0.773. The van der Waals surface area contributed by atoms with Crippen molar-refractivity contribution in [2.75, 3.05) is 14.2 Å². The fourth-order valence-electron chi connectivity index (χ4n) is 1.77. The Hall–Kier alpha value is -2.35. The van der Waals surface area contributed by atoms with Crippen molar-refractivity contribution in [3.05, 3.63) is 23.5 Å². The molecule has 3 N–H and O–H groups in total. The first kappa shape index (κ1) is 14.1. The number of ether oxygens (including phenoxy) is 2. The Morgan fingerprint density at radius 3 is 2.45 bits per heavy atom. The second-order valence-corrected chi connectivity index (χ2v) is 4.22. The van der Waals surface area contributed by atoms with Gasteiger partial charge in [-0.1, -0.05) is 5.21 Å². The van der Waals surface area contributed by atoms with Crippen molar-refractivity contribution in [2.24, 2.45) is 0 Å². The zero-order valence-corrected chi connectivity index (χ0v) is 11.5. The minimum atomic E-state index is -0.0560. The maximum absolute atomic E-state index is 9.84. The summed E-state index contributed by atoms with van der Waals surface area (Å²) in [6.07, 6.45) is 0. The largest absolute Gasteiger partial charge is 0.502 e. The van der Waals surface area contributed by atoms with Gasteiger partial charge < -0.3 is 19.9 Å². The summed E-state index contributed by atoms with van der Waals surface area (Å²) in [6, 6.07) is 3.43. The lowest BCUT2D eigenvalue weighted by molar-refractivity contribution is 0.338. The summed E-state index contributed by atoms with van der Waals surface area (Å²) in [6.45, 7) is 2.47. The van der Waals surface area contributed by atoms with Crippen LogP contribution >= 0.6 is 0 Å². The molecule has 0 fully saturated rings. The third-order valence-electron chi connectivity index (χ3n) is 2.90. The molecule has 0 radical (unpaired) electrons. The molecule has 0 aliphatic heterocycles. The molecule has 2 rings (SSSR count). The first-order valence-corrected chi connectivity index (χ1v) is 6.06. The van der Waals surface area contributed by atoms with Crippen LogP contribution in [0.2, 0.25) is 0 Å². The van der Waals surface area contributed by atoms with Gasteiger partial charge in [0.05, 0.1) is 20.3 Å². The SMILES string of the molecule is COc1cc(CNC(C)c2nn[nH]n2)cc(OC)c1O. The van der Waals surface area contributed by atoms with Gasteiger partial charge in [-0.15, -0.1) is 10.2 Å². The number of benzene rings is 1. The molecular weight excluding hydrogens is 262 g/mol. The number of aromatic amines is 1. The van der Waals surface area contributed by atoms with Crippen molar-refractivity contribution in [1.29, 1.82) is 0 Å². The Kier molecular flexibility index (Phi) is 4.36. The minimum Gasteiger partial charge on any atom is -0.502 e. The highest BCUT2D eigenvalue weighted by Crippen LogP contribution is 2.37. The maximum Gasteiger partial charge on any atom is 0.200 e. The molecule has 1 atom stereocenters. The van der Waals surface area contributed by atoms with Crippen LogP contribution in [0.3, 0.4) is 0 Å². The first-order chi connectivity index (χ1) is 9.65. The van der Waals surface area contributed by atoms with Crippen LogP contribution in [-0.2, 0) is 6.54 Å². The van der Waals surface area contributed by atoms with Gasteiger partial charge >= 0.3 is 0 Å². The van der Waals surface area contributed by atoms with Crippen LogP contribution < -0.4 is 14.8 Å². The number of hydrogen-bond donors (Lipinski definition) is 3. The van der Waals surface area contributed by atoms with Crippen LogP contribution in [0, 0.1) is 0 Å². The molecule has 0 aliphatic carbocycles. The number of phenolic OH excluding ortho intramolecular Hbond substituents is 1. The van der Waals surface area contributed by atoms with Crippen molar-refractivity contribution >= 4 is 0 Å². The lowest BCUT2D eigenvalue weighted by Gasteiger charge is -2.13. The van der Waals surface area contributed by atoms with Gasteiger partial charge in [-0.25, -0.2) is 0 Å². The van der Waals surface area contributed by atoms with Gasteiger partial charge in [-0.3, -0.25) is 0 Å². The van der Waals surface area contributed by atoms with Gasteiger partial charge in [0.2, 0.25) is 5.75 Å². The van der Waals surface area contributed by atoms with Gasteiger partial charge in [0.15, 0.2) is 17.3 Å². The van der Waals surface area contributed by atoms with E-state index >= 15 is 0 Å². The summed E-state index contributed by atoms with van der Waals surface area (Å²) in [5, 5.41) is 26.8. The van der Waals surface area contributed by atoms with Crippen molar-refractivity contribution in [3.8, 4) is 17.2 Å². The van der Waals surface area contributed by atoms with Gasteiger partial charge in [-0.05, 0) is 24.6 Å². The molecule has 108 valence electrons. The normalized spacial score (nSPS) is 12.2. The van der Waals surface area contributed by atoms with E-state index in [9.17, 15) is 5.11 Å². The third-order valence-corrected chi connectivity index (χ3v) is 2.90. The number of tetrazole rings is 1. The van der Waals surface area contributed by atoms with Crippen LogP contribution in [0.1, 0.15) is 24.4 Å². The molecule has 0 aliphatic rings. The van der Waals surface area contributed by atoms with Crippen LogP contribution in [0.5, 0.6) is 17.2 Å². The number of phenols is 1. The van der Waals surface area contributed by atoms with Gasteiger partial charge in [0, 0.05) is 6.54 Å². The smallest absolute Gasteiger partial charge is 0.200 e. The van der Waals surface area contributed by atoms with E-state index in [2.05, 4.69) is 25.9 Å². The highest BCUT2D eigenvalue weighted by molar-refractivity contribution is 5.52. The standard InChI is InChI=1S/C12H17N5O3/c1-7(12-14-16-17-15-12)13-6-8-4-9(19-2)11(18)10(5-8)20-3/h4-5,7,13,18H,6H2,1-3H3,(H,14,15,16,17). The Balaban J connectivity index is 2.09. The first-order valence-electron chi connectivity index (χ1n) is 6.06. The number of H-pyrrole nitrogens is 1. The number of nitrogens with one attached hydrogen (secondary N) is 2. The van der Waals surface area contributed by atoms with Gasteiger partial charge in [0.1, 0.15) is 0 Å². The Morgan fingerprint density at radius 1 is 1.30 bits per heavy atom. The molecule has 1 unspecified atom stereocenters. The molecule has 1 heterocycles. The number of nitrogens with zero attached hydrogens (tertiary/aromatic N) is 3. The van der Waals surface area contributed by atoms with Crippen molar-refractivity contribution < 1.29 is 14.6 Å². The Bertz CT molecular complexity index is 533. The number of rotatable bonds is 6. The van der Waals surface area contributed by atoms with E-state index in [1.165, 1.54) is 14.2 Å².